The predicted molar refractivity (Wildman–Crippen MR) is 83.5 cm³/mol. The number of nitrogen functional groups attached to an aromatic ring is 1. The maximum atomic E-state index is 12.2. The number of nitrogens with two attached hydrogens (primary N) is 1. The van der Waals surface area contributed by atoms with Crippen molar-refractivity contribution in [1.82, 2.24) is 5.32 Å². The Morgan fingerprint density at radius 2 is 1.85 bits per heavy atom. The topological polar surface area (TPSA) is 55.1 Å². The summed E-state index contributed by atoms with van der Waals surface area (Å²) in [6.45, 7) is 5.33. The Labute approximate surface area is 121 Å². The number of carbonyl (C=O) groups excluding carboxylic acids is 1. The van der Waals surface area contributed by atoms with Gasteiger partial charge in [0.1, 0.15) is 0 Å². The lowest BCUT2D eigenvalue weighted by Gasteiger charge is -2.31. The van der Waals surface area contributed by atoms with E-state index < -0.39 is 0 Å². The number of hydrogen-bond acceptors (Lipinski definition) is 2. The Morgan fingerprint density at radius 1 is 1.25 bits per heavy atom. The van der Waals surface area contributed by atoms with Crippen LogP contribution in [0.15, 0.2) is 24.3 Å². The highest BCUT2D eigenvalue weighted by molar-refractivity contribution is 5.94. The normalized spacial score (nSPS) is 17.4. The van der Waals surface area contributed by atoms with Crippen LogP contribution in [0, 0.1) is 11.3 Å². The molecule has 1 aliphatic rings. The van der Waals surface area contributed by atoms with E-state index in [1.165, 1.54) is 32.1 Å². The van der Waals surface area contributed by atoms with Crippen molar-refractivity contribution in [1.29, 1.82) is 0 Å². The van der Waals surface area contributed by atoms with E-state index in [2.05, 4.69) is 19.2 Å². The lowest BCUT2D eigenvalue weighted by atomic mass is 9.78. The monoisotopic (exact) mass is 274 g/mol. The van der Waals surface area contributed by atoms with Crippen LogP contribution in [-0.4, -0.2) is 12.5 Å². The summed E-state index contributed by atoms with van der Waals surface area (Å²) in [5.41, 5.74) is 7.34. The van der Waals surface area contributed by atoms with Gasteiger partial charge in [0, 0.05) is 17.8 Å². The second-order valence-electron chi connectivity index (χ2n) is 6.61. The van der Waals surface area contributed by atoms with Crippen LogP contribution in [0.4, 0.5) is 5.69 Å². The molecule has 0 radical (unpaired) electrons. The minimum atomic E-state index is 0.0139. The molecule has 3 N–H and O–H groups in total. The predicted octanol–water partition coefficient (Wildman–Crippen LogP) is 3.61. The van der Waals surface area contributed by atoms with Gasteiger partial charge >= 0.3 is 0 Å². The van der Waals surface area contributed by atoms with Gasteiger partial charge in [0.05, 0.1) is 0 Å². The van der Waals surface area contributed by atoms with E-state index in [-0.39, 0.29) is 5.91 Å². The second kappa shape index (κ2) is 6.29. The van der Waals surface area contributed by atoms with Crippen LogP contribution in [0.2, 0.25) is 0 Å². The highest BCUT2D eigenvalue weighted by Gasteiger charge is 2.34. The third-order valence-electron chi connectivity index (χ3n) is 4.30. The van der Waals surface area contributed by atoms with Gasteiger partial charge in [-0.25, -0.2) is 0 Å². The van der Waals surface area contributed by atoms with E-state index in [4.69, 9.17) is 5.73 Å². The van der Waals surface area contributed by atoms with Crippen molar-refractivity contribution in [2.75, 3.05) is 12.3 Å². The number of benzene rings is 1. The smallest absolute Gasteiger partial charge is 0.251 e. The van der Waals surface area contributed by atoms with Gasteiger partial charge in [-0.3, -0.25) is 4.79 Å². The van der Waals surface area contributed by atoms with Gasteiger partial charge in [0.25, 0.3) is 5.91 Å². The Morgan fingerprint density at radius 3 is 2.40 bits per heavy atom. The van der Waals surface area contributed by atoms with Crippen LogP contribution in [0.3, 0.4) is 0 Å². The molecule has 0 heterocycles. The summed E-state index contributed by atoms with van der Waals surface area (Å²) in [5.74, 6) is 0.696. The summed E-state index contributed by atoms with van der Waals surface area (Å²) < 4.78 is 0. The van der Waals surface area contributed by atoms with Gasteiger partial charge in [-0.2, -0.15) is 0 Å². The molecule has 0 spiro atoms. The molecule has 2 rings (SSSR count). The van der Waals surface area contributed by atoms with Crippen LogP contribution in [0.25, 0.3) is 0 Å². The summed E-state index contributed by atoms with van der Waals surface area (Å²) >= 11 is 0. The van der Waals surface area contributed by atoms with Crippen molar-refractivity contribution in [3.8, 4) is 0 Å². The van der Waals surface area contributed by atoms with Crippen molar-refractivity contribution in [2.24, 2.45) is 11.3 Å². The number of carbonyl (C=O) groups is 1. The lowest BCUT2D eigenvalue weighted by molar-refractivity contribution is 0.0922. The Hall–Kier alpha value is -1.51. The zero-order valence-electron chi connectivity index (χ0n) is 12.6. The minimum Gasteiger partial charge on any atom is -0.399 e. The highest BCUT2D eigenvalue weighted by Crippen LogP contribution is 2.42. The maximum Gasteiger partial charge on any atom is 0.251 e. The number of hydrogen-bond donors (Lipinski definition) is 2. The van der Waals surface area contributed by atoms with Gasteiger partial charge in [-0.05, 0) is 54.9 Å². The van der Waals surface area contributed by atoms with Crippen molar-refractivity contribution >= 4 is 11.6 Å². The Kier molecular flexibility index (Phi) is 4.69. The molecule has 1 aromatic rings. The van der Waals surface area contributed by atoms with Crippen LogP contribution in [-0.2, 0) is 0 Å². The van der Waals surface area contributed by atoms with E-state index in [0.717, 1.165) is 6.54 Å². The average molecular weight is 274 g/mol. The zero-order valence-corrected chi connectivity index (χ0v) is 12.6. The molecule has 0 saturated heterocycles. The van der Waals surface area contributed by atoms with Crippen LogP contribution >= 0.6 is 0 Å². The first-order valence-corrected chi connectivity index (χ1v) is 7.64. The first kappa shape index (κ1) is 14.9. The third kappa shape index (κ3) is 3.75. The van der Waals surface area contributed by atoms with Gasteiger partial charge in [0.2, 0.25) is 0 Å². The molecule has 1 aliphatic carbocycles. The maximum absolute atomic E-state index is 12.2. The Balaban J connectivity index is 1.95. The highest BCUT2D eigenvalue weighted by atomic mass is 16.1. The quantitative estimate of drug-likeness (QED) is 0.806. The Bertz CT molecular complexity index is 445. The molecular formula is C17H26N2O. The molecule has 110 valence electrons. The van der Waals surface area contributed by atoms with Gasteiger partial charge in [-0.1, -0.05) is 26.7 Å². The van der Waals surface area contributed by atoms with E-state index in [1.54, 1.807) is 24.3 Å². The van der Waals surface area contributed by atoms with E-state index in [9.17, 15) is 4.79 Å². The fraction of sp³-hybridized carbons (Fsp3) is 0.588. The average Bonchev–Trinajstić information content (AvgIpc) is 2.85. The molecular weight excluding hydrogens is 248 g/mol. The summed E-state index contributed by atoms with van der Waals surface area (Å²) in [6, 6.07) is 7.12. The molecule has 1 saturated carbocycles. The van der Waals surface area contributed by atoms with Crippen molar-refractivity contribution in [3.63, 3.8) is 0 Å². The molecule has 0 unspecified atom stereocenters. The third-order valence-corrected chi connectivity index (χ3v) is 4.30. The number of amides is 1. The van der Waals surface area contributed by atoms with E-state index >= 15 is 0 Å². The van der Waals surface area contributed by atoms with Gasteiger partial charge < -0.3 is 11.1 Å². The number of rotatable bonds is 5. The molecule has 3 nitrogen and oxygen atoms in total. The van der Waals surface area contributed by atoms with Crippen LogP contribution < -0.4 is 11.1 Å². The van der Waals surface area contributed by atoms with E-state index in [1.807, 2.05) is 0 Å². The summed E-state index contributed by atoms with van der Waals surface area (Å²) in [4.78, 5) is 12.2. The largest absolute Gasteiger partial charge is 0.399 e. The fourth-order valence-electron chi connectivity index (χ4n) is 3.45. The van der Waals surface area contributed by atoms with Crippen LogP contribution in [0.5, 0.6) is 0 Å². The number of anilines is 1. The molecule has 0 bridgehead atoms. The molecule has 0 atom stereocenters. The van der Waals surface area contributed by atoms with Crippen LogP contribution in [0.1, 0.15) is 56.3 Å². The fourth-order valence-corrected chi connectivity index (χ4v) is 3.45. The minimum absolute atomic E-state index is 0.0139. The molecule has 1 fully saturated rings. The summed E-state index contributed by atoms with van der Waals surface area (Å²) in [7, 11) is 0. The van der Waals surface area contributed by atoms with Gasteiger partial charge in [-0.15, -0.1) is 0 Å². The molecule has 1 amide bonds. The summed E-state index contributed by atoms with van der Waals surface area (Å²) in [6.07, 6.45) is 6.28. The lowest BCUT2D eigenvalue weighted by Crippen LogP contribution is -2.36. The standard InChI is InChI=1S/C17H26N2O/c1-13(2)11-17(9-3-4-10-17)12-19-16(20)14-5-7-15(18)8-6-14/h5-8,13H,3-4,9-12,18H2,1-2H3,(H,19,20). The van der Waals surface area contributed by atoms with Crippen molar-refractivity contribution in [2.45, 2.75) is 46.0 Å². The molecule has 1 aromatic carbocycles. The number of nitrogens with one attached hydrogen (secondary N) is 1. The second-order valence-corrected chi connectivity index (χ2v) is 6.61. The van der Waals surface area contributed by atoms with Gasteiger partial charge in [0.15, 0.2) is 0 Å². The summed E-state index contributed by atoms with van der Waals surface area (Å²) in [5, 5.41) is 3.13. The van der Waals surface area contributed by atoms with E-state index in [0.29, 0.717) is 22.6 Å². The first-order valence-electron chi connectivity index (χ1n) is 7.64. The molecule has 20 heavy (non-hydrogen) atoms. The zero-order chi connectivity index (χ0) is 14.6. The van der Waals surface area contributed by atoms with Crippen molar-refractivity contribution in [3.05, 3.63) is 29.8 Å². The molecule has 0 aliphatic heterocycles. The first-order chi connectivity index (χ1) is 9.51. The molecule has 0 aromatic heterocycles. The van der Waals surface area contributed by atoms with Crippen molar-refractivity contribution < 1.29 is 4.79 Å². The molecule has 3 heteroatoms. The SMILES string of the molecule is CC(C)CC1(CNC(=O)c2ccc(N)cc2)CCCC1.